The van der Waals surface area contributed by atoms with Crippen LogP contribution in [0.3, 0.4) is 0 Å². The molecule has 1 rings (SSSR count). The summed E-state index contributed by atoms with van der Waals surface area (Å²) in [6.07, 6.45) is -4.32. The van der Waals surface area contributed by atoms with Gasteiger partial charge in [-0.2, -0.15) is 13.2 Å². The average molecular weight is 288 g/mol. The van der Waals surface area contributed by atoms with E-state index in [0.29, 0.717) is 24.3 Å². The average Bonchev–Trinajstić information content (AvgIpc) is 2.36. The van der Waals surface area contributed by atoms with Crippen molar-refractivity contribution in [3.05, 3.63) is 29.3 Å². The van der Waals surface area contributed by atoms with E-state index in [1.807, 2.05) is 32.6 Å². The molecule has 5 heteroatoms. The van der Waals surface area contributed by atoms with E-state index in [1.54, 1.807) is 12.1 Å². The summed E-state index contributed by atoms with van der Waals surface area (Å²) in [6.45, 7) is 9.33. The molecule has 0 atom stereocenters. The lowest BCUT2D eigenvalue weighted by Gasteiger charge is -2.28. The quantitative estimate of drug-likeness (QED) is 0.849. The van der Waals surface area contributed by atoms with Gasteiger partial charge in [0.2, 0.25) is 0 Å². The fourth-order valence-electron chi connectivity index (χ4n) is 2.27. The van der Waals surface area contributed by atoms with Crippen LogP contribution in [0, 0.1) is 0 Å². The van der Waals surface area contributed by atoms with Crippen LogP contribution in [0.1, 0.15) is 38.8 Å². The molecule has 2 nitrogen and oxygen atoms in total. The van der Waals surface area contributed by atoms with Gasteiger partial charge in [-0.3, -0.25) is 0 Å². The molecule has 0 aliphatic carbocycles. The fourth-order valence-corrected chi connectivity index (χ4v) is 2.27. The molecule has 1 aromatic carbocycles. The number of halogens is 3. The Balaban J connectivity index is 3.20. The smallest absolute Gasteiger partial charge is 0.369 e. The normalized spacial score (nSPS) is 12.0. The van der Waals surface area contributed by atoms with Crippen molar-refractivity contribution in [3.63, 3.8) is 0 Å². The molecule has 1 aromatic rings. The zero-order chi connectivity index (χ0) is 15.3. The molecule has 1 N–H and O–H groups in total. The molecule has 0 radical (unpaired) electrons. The molecule has 0 spiro atoms. The first kappa shape index (κ1) is 16.8. The van der Waals surface area contributed by atoms with Crippen LogP contribution < -0.4 is 10.2 Å². The van der Waals surface area contributed by atoms with Crippen molar-refractivity contribution in [2.45, 2.75) is 46.5 Å². The predicted octanol–water partition coefficient (Wildman–Crippen LogP) is 4.05. The second-order valence-corrected chi connectivity index (χ2v) is 5.00. The molecule has 0 amide bonds. The van der Waals surface area contributed by atoms with E-state index in [4.69, 9.17) is 0 Å². The van der Waals surface area contributed by atoms with Gasteiger partial charge in [0.05, 0.1) is 5.56 Å². The Bertz CT molecular complexity index is 428. The highest BCUT2D eigenvalue weighted by atomic mass is 19.4. The Morgan fingerprint density at radius 2 is 1.85 bits per heavy atom. The standard InChI is InChI=1S/C15H23F3N2/c1-5-19-10-12-7-8-13(20(6-2)11(3)4)9-14(12)15(16,17)18/h7-9,11,19H,5-6,10H2,1-4H3. The first-order valence-corrected chi connectivity index (χ1v) is 6.98. The summed E-state index contributed by atoms with van der Waals surface area (Å²) < 4.78 is 39.5. The van der Waals surface area contributed by atoms with E-state index in [-0.39, 0.29) is 12.6 Å². The highest BCUT2D eigenvalue weighted by Crippen LogP contribution is 2.35. The van der Waals surface area contributed by atoms with Gasteiger partial charge in [0.25, 0.3) is 0 Å². The van der Waals surface area contributed by atoms with Crippen LogP contribution in [-0.2, 0) is 12.7 Å². The van der Waals surface area contributed by atoms with Crippen LogP contribution >= 0.6 is 0 Å². The molecule has 0 saturated carbocycles. The van der Waals surface area contributed by atoms with Gasteiger partial charge in [-0.15, -0.1) is 0 Å². The number of nitrogens with one attached hydrogen (secondary N) is 1. The lowest BCUT2D eigenvalue weighted by Crippen LogP contribution is -2.30. The first-order valence-electron chi connectivity index (χ1n) is 6.98. The molecule has 0 aromatic heterocycles. The number of hydrogen-bond acceptors (Lipinski definition) is 2. The molecular formula is C15H23F3N2. The lowest BCUT2D eigenvalue weighted by atomic mass is 10.0. The Morgan fingerprint density at radius 3 is 2.30 bits per heavy atom. The summed E-state index contributed by atoms with van der Waals surface area (Å²) in [6, 6.07) is 4.77. The van der Waals surface area contributed by atoms with E-state index in [0.717, 1.165) is 0 Å². The van der Waals surface area contributed by atoms with Crippen molar-refractivity contribution in [2.75, 3.05) is 18.0 Å². The van der Waals surface area contributed by atoms with Gasteiger partial charge < -0.3 is 10.2 Å². The SMILES string of the molecule is CCNCc1ccc(N(CC)C(C)C)cc1C(F)(F)F. The summed E-state index contributed by atoms with van der Waals surface area (Å²) in [5, 5.41) is 2.95. The lowest BCUT2D eigenvalue weighted by molar-refractivity contribution is -0.138. The van der Waals surface area contributed by atoms with Crippen LogP contribution in [0.2, 0.25) is 0 Å². The van der Waals surface area contributed by atoms with Crippen molar-refractivity contribution in [1.82, 2.24) is 5.32 Å². The van der Waals surface area contributed by atoms with Gasteiger partial charge in [0.15, 0.2) is 0 Å². The maximum atomic E-state index is 13.2. The number of alkyl halides is 3. The molecule has 0 heterocycles. The van der Waals surface area contributed by atoms with E-state index in [1.165, 1.54) is 6.07 Å². The van der Waals surface area contributed by atoms with Crippen molar-refractivity contribution in [2.24, 2.45) is 0 Å². The molecule has 0 unspecified atom stereocenters. The number of nitrogens with zero attached hydrogens (tertiary/aromatic N) is 1. The van der Waals surface area contributed by atoms with E-state index < -0.39 is 11.7 Å². The zero-order valence-electron chi connectivity index (χ0n) is 12.5. The van der Waals surface area contributed by atoms with Crippen LogP contribution in [0.4, 0.5) is 18.9 Å². The predicted molar refractivity (Wildman–Crippen MR) is 77.0 cm³/mol. The Hall–Kier alpha value is -1.23. The minimum atomic E-state index is -4.32. The third-order valence-electron chi connectivity index (χ3n) is 3.26. The summed E-state index contributed by atoms with van der Waals surface area (Å²) in [7, 11) is 0. The van der Waals surface area contributed by atoms with Crippen LogP contribution in [0.5, 0.6) is 0 Å². The van der Waals surface area contributed by atoms with Crippen LogP contribution in [0.15, 0.2) is 18.2 Å². The fraction of sp³-hybridized carbons (Fsp3) is 0.600. The van der Waals surface area contributed by atoms with Gasteiger partial charge >= 0.3 is 6.18 Å². The molecule has 0 aliphatic heterocycles. The van der Waals surface area contributed by atoms with Crippen molar-refractivity contribution < 1.29 is 13.2 Å². The van der Waals surface area contributed by atoms with Crippen LogP contribution in [0.25, 0.3) is 0 Å². The van der Waals surface area contributed by atoms with Crippen molar-refractivity contribution in [1.29, 1.82) is 0 Å². The number of rotatable bonds is 6. The number of hydrogen-bond donors (Lipinski definition) is 1. The Labute approximate surface area is 119 Å². The van der Waals surface area contributed by atoms with Gasteiger partial charge in [-0.05, 0) is 45.0 Å². The van der Waals surface area contributed by atoms with Crippen LogP contribution in [-0.4, -0.2) is 19.1 Å². The van der Waals surface area contributed by atoms with Crippen molar-refractivity contribution in [3.8, 4) is 0 Å². The molecule has 0 saturated heterocycles. The first-order chi connectivity index (χ1) is 9.31. The van der Waals surface area contributed by atoms with Gasteiger partial charge in [0, 0.05) is 24.8 Å². The Morgan fingerprint density at radius 1 is 1.20 bits per heavy atom. The third kappa shape index (κ3) is 4.13. The summed E-state index contributed by atoms with van der Waals surface area (Å²) in [5.41, 5.74) is 0.369. The minimum Gasteiger partial charge on any atom is -0.369 e. The molecular weight excluding hydrogens is 265 g/mol. The second-order valence-electron chi connectivity index (χ2n) is 5.00. The Kier molecular flexibility index (Phi) is 5.87. The van der Waals surface area contributed by atoms with Gasteiger partial charge in [0.1, 0.15) is 0 Å². The molecule has 20 heavy (non-hydrogen) atoms. The molecule has 0 fully saturated rings. The molecule has 0 aliphatic rings. The highest BCUT2D eigenvalue weighted by molar-refractivity contribution is 5.52. The number of anilines is 1. The van der Waals surface area contributed by atoms with Gasteiger partial charge in [-0.1, -0.05) is 13.0 Å². The van der Waals surface area contributed by atoms with E-state index in [9.17, 15) is 13.2 Å². The van der Waals surface area contributed by atoms with E-state index >= 15 is 0 Å². The molecule has 114 valence electrons. The number of benzene rings is 1. The highest BCUT2D eigenvalue weighted by Gasteiger charge is 2.33. The largest absolute Gasteiger partial charge is 0.416 e. The maximum Gasteiger partial charge on any atom is 0.416 e. The maximum absolute atomic E-state index is 13.2. The summed E-state index contributed by atoms with van der Waals surface area (Å²) in [5.74, 6) is 0. The zero-order valence-corrected chi connectivity index (χ0v) is 12.5. The molecule has 0 bridgehead atoms. The topological polar surface area (TPSA) is 15.3 Å². The third-order valence-corrected chi connectivity index (χ3v) is 3.26. The van der Waals surface area contributed by atoms with Gasteiger partial charge in [-0.25, -0.2) is 0 Å². The van der Waals surface area contributed by atoms with Crippen molar-refractivity contribution >= 4 is 5.69 Å². The minimum absolute atomic E-state index is 0.167. The summed E-state index contributed by atoms with van der Waals surface area (Å²) >= 11 is 0. The summed E-state index contributed by atoms with van der Waals surface area (Å²) in [4.78, 5) is 1.95. The van der Waals surface area contributed by atoms with E-state index in [2.05, 4.69) is 5.32 Å². The second kappa shape index (κ2) is 6.97. The monoisotopic (exact) mass is 288 g/mol.